The number of likely N-dealkylation sites (N-methyl/N-ethyl adjacent to an activating group) is 1. The first-order valence-electron chi connectivity index (χ1n) is 7.76. The highest BCUT2D eigenvalue weighted by Gasteiger charge is 2.21. The Kier molecular flexibility index (Phi) is 5.73. The Morgan fingerprint density at radius 2 is 1.96 bits per heavy atom. The van der Waals surface area contributed by atoms with Crippen molar-refractivity contribution >= 4 is 11.9 Å². The molecule has 1 atom stereocenters. The van der Waals surface area contributed by atoms with Crippen molar-refractivity contribution in [2.75, 3.05) is 20.7 Å². The second-order valence-electron chi connectivity index (χ2n) is 5.76. The standard InChI is InChI=1S/C18H22N2O4/c1-12(18(22)23-4)11-20(3)16(21)10-15-13(2)24-17(19-15)14-8-6-5-7-9-14/h5-9,12H,10-11H2,1-4H3/t12-/m0/s1. The maximum absolute atomic E-state index is 12.3. The van der Waals surface area contributed by atoms with Crippen LogP contribution in [-0.2, 0) is 20.7 Å². The minimum absolute atomic E-state index is 0.123. The van der Waals surface area contributed by atoms with E-state index >= 15 is 0 Å². The molecular formula is C18H22N2O4. The number of rotatable bonds is 6. The Morgan fingerprint density at radius 3 is 2.58 bits per heavy atom. The lowest BCUT2D eigenvalue weighted by Gasteiger charge is -2.19. The molecule has 0 fully saturated rings. The van der Waals surface area contributed by atoms with Crippen molar-refractivity contribution in [1.82, 2.24) is 9.88 Å². The van der Waals surface area contributed by atoms with Crippen LogP contribution in [-0.4, -0.2) is 42.5 Å². The van der Waals surface area contributed by atoms with Gasteiger partial charge in [-0.3, -0.25) is 9.59 Å². The molecule has 0 N–H and O–H groups in total. The van der Waals surface area contributed by atoms with Crippen molar-refractivity contribution in [1.29, 1.82) is 0 Å². The summed E-state index contributed by atoms with van der Waals surface area (Å²) in [6.07, 6.45) is 0.132. The number of carbonyl (C=O) groups excluding carboxylic acids is 2. The summed E-state index contributed by atoms with van der Waals surface area (Å²) in [5.74, 6) is 0.292. The zero-order chi connectivity index (χ0) is 17.7. The molecule has 2 rings (SSSR count). The van der Waals surface area contributed by atoms with Gasteiger partial charge in [-0.25, -0.2) is 4.98 Å². The Hall–Kier alpha value is -2.63. The van der Waals surface area contributed by atoms with Crippen molar-refractivity contribution in [3.05, 3.63) is 41.8 Å². The van der Waals surface area contributed by atoms with Crippen LogP contribution in [0.5, 0.6) is 0 Å². The van der Waals surface area contributed by atoms with E-state index in [1.165, 1.54) is 12.0 Å². The van der Waals surface area contributed by atoms with Crippen molar-refractivity contribution in [3.63, 3.8) is 0 Å². The summed E-state index contributed by atoms with van der Waals surface area (Å²) in [5, 5.41) is 0. The summed E-state index contributed by atoms with van der Waals surface area (Å²) >= 11 is 0. The summed E-state index contributed by atoms with van der Waals surface area (Å²) in [7, 11) is 3.00. The SMILES string of the molecule is COC(=O)[C@@H](C)CN(C)C(=O)Cc1nc(-c2ccccc2)oc1C. The molecule has 24 heavy (non-hydrogen) atoms. The number of esters is 1. The molecule has 0 saturated carbocycles. The van der Waals surface area contributed by atoms with Crippen LogP contribution in [0.2, 0.25) is 0 Å². The van der Waals surface area contributed by atoms with E-state index in [0.29, 0.717) is 23.9 Å². The van der Waals surface area contributed by atoms with E-state index in [1.807, 2.05) is 30.3 Å². The highest BCUT2D eigenvalue weighted by Crippen LogP contribution is 2.22. The molecule has 1 aromatic heterocycles. The molecule has 0 bridgehead atoms. The Morgan fingerprint density at radius 1 is 1.29 bits per heavy atom. The summed E-state index contributed by atoms with van der Waals surface area (Å²) in [4.78, 5) is 29.7. The van der Waals surface area contributed by atoms with Crippen molar-refractivity contribution in [2.45, 2.75) is 20.3 Å². The van der Waals surface area contributed by atoms with Gasteiger partial charge in [-0.05, 0) is 19.1 Å². The number of oxazole rings is 1. The lowest BCUT2D eigenvalue weighted by atomic mass is 10.1. The van der Waals surface area contributed by atoms with Gasteiger partial charge in [-0.2, -0.15) is 0 Å². The minimum Gasteiger partial charge on any atom is -0.469 e. The number of carbonyl (C=O) groups is 2. The molecule has 6 heteroatoms. The van der Waals surface area contributed by atoms with Crippen LogP contribution < -0.4 is 0 Å². The molecule has 0 aliphatic heterocycles. The van der Waals surface area contributed by atoms with E-state index in [0.717, 1.165) is 5.56 Å². The molecule has 1 heterocycles. The highest BCUT2D eigenvalue weighted by atomic mass is 16.5. The Bertz CT molecular complexity index is 709. The van der Waals surface area contributed by atoms with E-state index in [9.17, 15) is 9.59 Å². The summed E-state index contributed by atoms with van der Waals surface area (Å²) in [6, 6.07) is 9.53. The maximum Gasteiger partial charge on any atom is 0.310 e. The van der Waals surface area contributed by atoms with Gasteiger partial charge in [0.25, 0.3) is 0 Å². The fourth-order valence-electron chi connectivity index (χ4n) is 2.36. The number of benzene rings is 1. The van der Waals surface area contributed by atoms with Crippen LogP contribution in [0.3, 0.4) is 0 Å². The summed E-state index contributed by atoms with van der Waals surface area (Å²) < 4.78 is 10.3. The first-order chi connectivity index (χ1) is 11.4. The highest BCUT2D eigenvalue weighted by molar-refractivity contribution is 5.79. The molecule has 128 valence electrons. The van der Waals surface area contributed by atoms with Crippen LogP contribution in [0.1, 0.15) is 18.4 Å². The first-order valence-corrected chi connectivity index (χ1v) is 7.76. The number of methoxy groups -OCH3 is 1. The third-order valence-electron chi connectivity index (χ3n) is 3.81. The van der Waals surface area contributed by atoms with Crippen molar-refractivity contribution in [3.8, 4) is 11.5 Å². The van der Waals surface area contributed by atoms with E-state index < -0.39 is 0 Å². The summed E-state index contributed by atoms with van der Waals surface area (Å²) in [6.45, 7) is 3.82. The molecule has 6 nitrogen and oxygen atoms in total. The number of amides is 1. The van der Waals surface area contributed by atoms with Gasteiger partial charge >= 0.3 is 5.97 Å². The van der Waals surface area contributed by atoms with Gasteiger partial charge in [0.1, 0.15) is 5.76 Å². The minimum atomic E-state index is -0.373. The largest absolute Gasteiger partial charge is 0.469 e. The predicted molar refractivity (Wildman–Crippen MR) is 89.2 cm³/mol. The lowest BCUT2D eigenvalue weighted by Crippen LogP contribution is -2.35. The molecule has 0 radical (unpaired) electrons. The second kappa shape index (κ2) is 7.77. The van der Waals surface area contributed by atoms with Crippen LogP contribution >= 0.6 is 0 Å². The average molecular weight is 330 g/mol. The molecule has 1 amide bonds. The van der Waals surface area contributed by atoms with Crippen molar-refractivity contribution in [2.24, 2.45) is 5.92 Å². The molecule has 0 spiro atoms. The third-order valence-corrected chi connectivity index (χ3v) is 3.81. The molecule has 2 aromatic rings. The van der Waals surface area contributed by atoms with E-state index in [1.54, 1.807) is 20.9 Å². The number of hydrogen-bond acceptors (Lipinski definition) is 5. The van der Waals surface area contributed by atoms with Gasteiger partial charge in [-0.1, -0.05) is 25.1 Å². The number of aryl methyl sites for hydroxylation is 1. The molecule has 0 unspecified atom stereocenters. The molecule has 1 aromatic carbocycles. The van der Waals surface area contributed by atoms with Crippen LogP contribution in [0.25, 0.3) is 11.5 Å². The number of ether oxygens (including phenoxy) is 1. The van der Waals surface area contributed by atoms with Gasteiger partial charge in [-0.15, -0.1) is 0 Å². The zero-order valence-electron chi connectivity index (χ0n) is 14.4. The first kappa shape index (κ1) is 17.7. The number of nitrogens with zero attached hydrogens (tertiary/aromatic N) is 2. The van der Waals surface area contributed by atoms with Gasteiger partial charge in [0.15, 0.2) is 0 Å². The van der Waals surface area contributed by atoms with Gasteiger partial charge in [0.2, 0.25) is 11.8 Å². The number of hydrogen-bond donors (Lipinski definition) is 0. The monoisotopic (exact) mass is 330 g/mol. The topological polar surface area (TPSA) is 72.6 Å². The van der Waals surface area contributed by atoms with E-state index in [2.05, 4.69) is 9.72 Å². The normalized spacial score (nSPS) is 11.8. The number of aromatic nitrogens is 1. The Balaban J connectivity index is 2.04. The fraction of sp³-hybridized carbons (Fsp3) is 0.389. The summed E-state index contributed by atoms with van der Waals surface area (Å²) in [5.41, 5.74) is 1.48. The van der Waals surface area contributed by atoms with Gasteiger partial charge < -0.3 is 14.1 Å². The Labute approximate surface area is 141 Å². The lowest BCUT2D eigenvalue weighted by molar-refractivity contribution is -0.146. The van der Waals surface area contributed by atoms with Crippen LogP contribution in [0.15, 0.2) is 34.7 Å². The van der Waals surface area contributed by atoms with E-state index in [-0.39, 0.29) is 24.2 Å². The van der Waals surface area contributed by atoms with E-state index in [4.69, 9.17) is 4.42 Å². The molecule has 0 aliphatic rings. The fourth-order valence-corrected chi connectivity index (χ4v) is 2.36. The van der Waals surface area contributed by atoms with Gasteiger partial charge in [0, 0.05) is 19.2 Å². The molecular weight excluding hydrogens is 308 g/mol. The van der Waals surface area contributed by atoms with Crippen LogP contribution in [0.4, 0.5) is 0 Å². The van der Waals surface area contributed by atoms with Gasteiger partial charge in [0.05, 0.1) is 25.1 Å². The maximum atomic E-state index is 12.3. The molecule has 0 aliphatic carbocycles. The third kappa shape index (κ3) is 4.22. The average Bonchev–Trinajstić information content (AvgIpc) is 2.95. The predicted octanol–water partition coefficient (Wildman–Crippen LogP) is 2.46. The van der Waals surface area contributed by atoms with Crippen LogP contribution in [0, 0.1) is 12.8 Å². The zero-order valence-corrected chi connectivity index (χ0v) is 14.4. The quantitative estimate of drug-likeness (QED) is 0.761. The smallest absolute Gasteiger partial charge is 0.310 e. The molecule has 0 saturated heterocycles. The second-order valence-corrected chi connectivity index (χ2v) is 5.76. The van der Waals surface area contributed by atoms with Crippen molar-refractivity contribution < 1.29 is 18.7 Å².